The third kappa shape index (κ3) is 6.02. The van der Waals surface area contributed by atoms with E-state index in [1.54, 1.807) is 0 Å². The first-order chi connectivity index (χ1) is 43.9. The number of fused-ring (bicyclic) bond motifs is 28. The van der Waals surface area contributed by atoms with Gasteiger partial charge in [0.25, 0.3) is 0 Å². The van der Waals surface area contributed by atoms with Gasteiger partial charge in [0.15, 0.2) is 17.3 Å². The molecule has 5 heteroatoms. The molecule has 92 heavy (non-hydrogen) atoms. The summed E-state index contributed by atoms with van der Waals surface area (Å²) in [5.74, 6) is 2.18. The highest BCUT2D eigenvalue weighted by molar-refractivity contribution is 6.46. The first kappa shape index (κ1) is 55.4. The van der Waals surface area contributed by atoms with Gasteiger partial charge in [-0.15, -0.1) is 0 Å². The third-order valence-electron chi connectivity index (χ3n) is 30.5. The van der Waals surface area contributed by atoms with Crippen LogP contribution in [0.4, 0.5) is 0 Å². The van der Waals surface area contributed by atoms with Crippen molar-refractivity contribution >= 4 is 131 Å². The summed E-state index contributed by atoms with van der Waals surface area (Å²) < 4.78 is 5.18. The van der Waals surface area contributed by atoms with Crippen molar-refractivity contribution in [2.45, 2.75) is 207 Å². The molecule has 0 unspecified atom stereocenters. The lowest BCUT2D eigenvalue weighted by molar-refractivity contribution is 0.0537. The van der Waals surface area contributed by atoms with Crippen LogP contribution in [0.25, 0.3) is 114 Å². The highest BCUT2D eigenvalue weighted by Gasteiger charge is 2.57. The molecule has 0 N–H and O–H groups in total. The molecule has 4 fully saturated rings. The minimum absolute atomic E-state index is 0.0321. The molecule has 4 aromatic heterocycles. The molecule has 4 heterocycles. The Bertz CT molecular complexity index is 5510. The number of hydrogen-bond donors (Lipinski definition) is 0. The number of aromatic nitrogens is 2. The van der Waals surface area contributed by atoms with Crippen molar-refractivity contribution in [3.8, 4) is 0 Å². The number of Topliss-reactive ketones (excluding diaryl/α,β-unsaturated/α-hetero) is 3. The molecule has 12 aromatic rings. The molecule has 0 atom stereocenters. The van der Waals surface area contributed by atoms with Gasteiger partial charge >= 0.3 is 0 Å². The highest BCUT2D eigenvalue weighted by atomic mass is 16.1. The third-order valence-corrected chi connectivity index (χ3v) is 30.5. The normalized spacial score (nSPS) is 31.2. The van der Waals surface area contributed by atoms with Crippen molar-refractivity contribution in [3.63, 3.8) is 0 Å². The van der Waals surface area contributed by atoms with Gasteiger partial charge in [-0.05, 0) is 269 Å². The predicted octanol–water partition coefficient (Wildman–Crippen LogP) is 23.0. The standard InChI is InChI=1S/C87H88N2O3/c1-44(2)84-26-18-80(10,19-27-84)63-36-52-55-34-54-49-16-14-15-17-50(49)71-62(72(54)74-61-39-66-59(79(92)87(47(7)8)32-24-83(66,13)25-33-87)43-70(61)88(75(55)74)67(52)40-51(63)48(84)9)35-56-53-37-64-57(77(90)85(45(3)4)28-20-81(64,11)21-29-85)41-68(53)89-69-42-58-65(38-60(69)73(71)76(56)89)82(12)22-30-86(31-23-82,46(5)6)78(58)91/h14-17,34-47H,9,18-33H2,1-8,10-13H3. The second kappa shape index (κ2) is 16.9. The molecule has 12 aliphatic carbocycles. The van der Waals surface area contributed by atoms with Crippen LogP contribution in [0.5, 0.6) is 0 Å². The summed E-state index contributed by atoms with van der Waals surface area (Å²) in [6.45, 7) is 33.7. The van der Waals surface area contributed by atoms with E-state index in [1.807, 2.05) is 0 Å². The average molecular weight is 1210 g/mol. The van der Waals surface area contributed by atoms with Crippen molar-refractivity contribution in [2.75, 3.05) is 0 Å². The predicted molar refractivity (Wildman–Crippen MR) is 383 cm³/mol. The minimum atomic E-state index is -0.393. The van der Waals surface area contributed by atoms with E-state index in [4.69, 9.17) is 6.58 Å². The second-order valence-corrected chi connectivity index (χ2v) is 35.0. The lowest BCUT2D eigenvalue weighted by atomic mass is 9.59. The quantitative estimate of drug-likeness (QED) is 0.165. The molecule has 5 nitrogen and oxygen atoms in total. The smallest absolute Gasteiger partial charge is 0.169 e. The van der Waals surface area contributed by atoms with Gasteiger partial charge in [0.05, 0.1) is 33.1 Å². The van der Waals surface area contributed by atoms with E-state index in [0.29, 0.717) is 23.3 Å². The lowest BCUT2D eigenvalue weighted by Gasteiger charge is -2.45. The number of carbonyl (C=O) groups is 3. The molecular weight excluding hydrogens is 1120 g/mol. The molecule has 464 valence electrons. The largest absolute Gasteiger partial charge is 0.308 e. The number of carbonyl (C=O) groups excluding carboxylic acids is 3. The van der Waals surface area contributed by atoms with Crippen molar-refractivity contribution in [2.24, 2.45) is 45.3 Å². The summed E-state index contributed by atoms with van der Waals surface area (Å²) >= 11 is 0. The maximum atomic E-state index is 15.9. The van der Waals surface area contributed by atoms with E-state index in [1.165, 1.54) is 125 Å². The zero-order valence-corrected chi connectivity index (χ0v) is 56.5. The van der Waals surface area contributed by atoms with E-state index in [-0.39, 0.29) is 55.7 Å². The van der Waals surface area contributed by atoms with Crippen LogP contribution in [-0.4, -0.2) is 26.2 Å². The molecule has 8 bridgehead atoms. The molecule has 0 spiro atoms. The Labute approximate surface area is 540 Å². The van der Waals surface area contributed by atoms with Crippen LogP contribution in [0.15, 0.2) is 91.5 Å². The Hall–Kier alpha value is -7.11. The molecule has 4 saturated carbocycles. The average Bonchev–Trinajstić information content (AvgIpc) is 1.48. The van der Waals surface area contributed by atoms with Gasteiger partial charge in [-0.25, -0.2) is 0 Å². The van der Waals surface area contributed by atoms with Crippen LogP contribution >= 0.6 is 0 Å². The summed E-state index contributed by atoms with van der Waals surface area (Å²) in [5.41, 5.74) is 16.0. The monoisotopic (exact) mass is 1210 g/mol. The number of benzene rings is 8. The van der Waals surface area contributed by atoms with Gasteiger partial charge in [-0.1, -0.05) is 114 Å². The first-order valence-corrected chi connectivity index (χ1v) is 36.1. The van der Waals surface area contributed by atoms with Crippen LogP contribution in [0.3, 0.4) is 0 Å². The topological polar surface area (TPSA) is 60.0 Å². The summed E-state index contributed by atoms with van der Waals surface area (Å²) in [7, 11) is 0. The molecule has 0 saturated heterocycles. The fourth-order valence-corrected chi connectivity index (χ4v) is 23.7. The summed E-state index contributed by atoms with van der Waals surface area (Å²) in [4.78, 5) is 47.5. The van der Waals surface area contributed by atoms with E-state index in [2.05, 4.69) is 177 Å². The molecule has 24 rings (SSSR count). The molecule has 8 aromatic carbocycles. The maximum Gasteiger partial charge on any atom is 0.169 e. The van der Waals surface area contributed by atoms with Crippen molar-refractivity contribution in [1.29, 1.82) is 0 Å². The van der Waals surface area contributed by atoms with Crippen LogP contribution in [0.2, 0.25) is 0 Å². The fourth-order valence-electron chi connectivity index (χ4n) is 23.7. The maximum absolute atomic E-state index is 15.9. The van der Waals surface area contributed by atoms with Crippen molar-refractivity contribution in [1.82, 2.24) is 8.80 Å². The van der Waals surface area contributed by atoms with Gasteiger partial charge < -0.3 is 8.80 Å². The number of hydrogen-bond acceptors (Lipinski definition) is 3. The summed E-state index contributed by atoms with van der Waals surface area (Å²) in [6.07, 6.45) is 16.2. The van der Waals surface area contributed by atoms with Crippen LogP contribution in [0.1, 0.15) is 245 Å². The highest BCUT2D eigenvalue weighted by Crippen LogP contribution is 2.65. The zero-order valence-electron chi connectivity index (χ0n) is 56.5. The zero-order chi connectivity index (χ0) is 63.2. The van der Waals surface area contributed by atoms with Crippen LogP contribution < -0.4 is 0 Å². The number of rotatable bonds is 4. The SMILES string of the molecule is C=C1c2cc3c(cc2C2(C)CCC1(C(C)C)CC2)c1cc2c4ccccc4c4c(cc5c6cc7c(cc6n6c8cc9c(cc8c4c56)C4(C)CCC(C(C)C)(CC4)C9=O)C(=O)C4(C(C)C)CCC7(C)CC4)c2c2c4cc5c(cc4n3c12)C(=O)C1(C(C)C)CCC5(C)CC1. The molecule has 0 aliphatic heterocycles. The summed E-state index contributed by atoms with van der Waals surface area (Å²) in [6, 6.07) is 34.4. The van der Waals surface area contributed by atoms with Crippen molar-refractivity contribution < 1.29 is 14.4 Å². The Morgan fingerprint density at radius 3 is 1.00 bits per heavy atom. The van der Waals surface area contributed by atoms with E-state index >= 15 is 14.4 Å². The fraction of sp³-hybridized carbons (Fsp3) is 0.460. The Kier molecular flexibility index (Phi) is 10.1. The van der Waals surface area contributed by atoms with Gasteiger partial charge in [0, 0.05) is 86.8 Å². The Balaban J connectivity index is 1.01. The number of ketones is 3. The second-order valence-electron chi connectivity index (χ2n) is 35.0. The van der Waals surface area contributed by atoms with Gasteiger partial charge in [-0.3, -0.25) is 14.4 Å². The van der Waals surface area contributed by atoms with E-state index < -0.39 is 5.41 Å². The first-order valence-electron chi connectivity index (χ1n) is 36.1. The van der Waals surface area contributed by atoms with Crippen LogP contribution in [0, 0.1) is 45.3 Å². The van der Waals surface area contributed by atoms with Gasteiger partial charge in [-0.2, -0.15) is 0 Å². The number of nitrogens with zero attached hydrogens (tertiary/aromatic N) is 2. The van der Waals surface area contributed by atoms with E-state index in [0.717, 1.165) is 136 Å². The Morgan fingerprint density at radius 1 is 0.315 bits per heavy atom. The van der Waals surface area contributed by atoms with Gasteiger partial charge in [0.2, 0.25) is 0 Å². The lowest BCUT2D eigenvalue weighted by Crippen LogP contribution is -2.39. The molecule has 0 radical (unpaired) electrons. The Morgan fingerprint density at radius 2 is 0.620 bits per heavy atom. The molecular formula is C87H88N2O3. The van der Waals surface area contributed by atoms with Crippen molar-refractivity contribution in [3.05, 3.63) is 136 Å². The van der Waals surface area contributed by atoms with E-state index in [9.17, 15) is 0 Å². The van der Waals surface area contributed by atoms with Crippen LogP contribution in [-0.2, 0) is 21.7 Å². The molecule has 12 aliphatic rings. The molecule has 0 amide bonds. The van der Waals surface area contributed by atoms with Gasteiger partial charge in [0.1, 0.15) is 0 Å². The minimum Gasteiger partial charge on any atom is -0.308 e. The summed E-state index contributed by atoms with van der Waals surface area (Å²) in [5, 5.41) is 17.5. The number of allylic oxidation sites excluding steroid dienone is 1.